The Morgan fingerprint density at radius 3 is 2.48 bits per heavy atom. The van der Waals surface area contributed by atoms with E-state index >= 15 is 0 Å². The molecule has 3 rings (SSSR count). The number of nitrogens with zero attached hydrogens (tertiary/aromatic N) is 3. The van der Waals surface area contributed by atoms with Crippen molar-refractivity contribution in [1.82, 2.24) is 4.98 Å². The smallest absolute Gasteiger partial charge is 0.237 e. The topological polar surface area (TPSA) is 116 Å². The lowest BCUT2D eigenvalue weighted by Crippen LogP contribution is -2.22. The molecule has 27 heavy (non-hydrogen) atoms. The maximum Gasteiger partial charge on any atom is 0.237 e. The highest BCUT2D eigenvalue weighted by molar-refractivity contribution is 9.10. The number of aromatic nitrogens is 1. The minimum absolute atomic E-state index is 0.112. The van der Waals surface area contributed by atoms with Crippen molar-refractivity contribution < 1.29 is 4.79 Å². The van der Waals surface area contributed by atoms with E-state index in [9.17, 15) is 15.3 Å². The van der Waals surface area contributed by atoms with E-state index in [2.05, 4.69) is 38.4 Å². The number of nitrogens with one attached hydrogen (secondary N) is 1. The van der Waals surface area contributed by atoms with Crippen LogP contribution in [0, 0.1) is 22.7 Å². The molecule has 0 saturated heterocycles. The van der Waals surface area contributed by atoms with E-state index in [1.54, 1.807) is 19.1 Å². The van der Waals surface area contributed by atoms with Crippen LogP contribution in [-0.4, -0.2) is 16.1 Å². The molecule has 1 aliphatic rings. The number of halogens is 1. The average molecular weight is 442 g/mol. The quantitative estimate of drug-likeness (QED) is 0.672. The Hall–Kier alpha value is -2.55. The Morgan fingerprint density at radius 2 is 1.93 bits per heavy atom. The highest BCUT2D eigenvalue weighted by Crippen LogP contribution is 2.46. The molecule has 0 bridgehead atoms. The van der Waals surface area contributed by atoms with Crippen LogP contribution in [0.15, 0.2) is 33.8 Å². The maximum atomic E-state index is 12.5. The van der Waals surface area contributed by atoms with Crippen LogP contribution >= 0.6 is 27.7 Å². The van der Waals surface area contributed by atoms with Gasteiger partial charge in [-0.05, 0) is 55.5 Å². The average Bonchev–Trinajstić information content (AvgIpc) is 3.48. The van der Waals surface area contributed by atoms with Gasteiger partial charge in [0.1, 0.15) is 23.0 Å². The van der Waals surface area contributed by atoms with Gasteiger partial charge in [-0.3, -0.25) is 4.79 Å². The monoisotopic (exact) mass is 441 g/mol. The van der Waals surface area contributed by atoms with Crippen molar-refractivity contribution in [3.05, 3.63) is 45.4 Å². The summed E-state index contributed by atoms with van der Waals surface area (Å²) in [7, 11) is 0. The number of rotatable bonds is 5. The highest BCUT2D eigenvalue weighted by Gasteiger charge is 2.33. The molecule has 6 nitrogen and oxygen atoms in total. The molecule has 8 heteroatoms. The zero-order valence-electron chi connectivity index (χ0n) is 14.5. The lowest BCUT2D eigenvalue weighted by molar-refractivity contribution is -0.115. The number of hydrogen-bond acceptors (Lipinski definition) is 6. The molecule has 0 radical (unpaired) electrons. The number of pyridine rings is 1. The second kappa shape index (κ2) is 7.99. The minimum Gasteiger partial charge on any atom is -0.383 e. The molecule has 1 heterocycles. The van der Waals surface area contributed by atoms with Crippen molar-refractivity contribution in [3.63, 3.8) is 0 Å². The van der Waals surface area contributed by atoms with Crippen molar-refractivity contribution in [2.45, 2.75) is 36.0 Å². The van der Waals surface area contributed by atoms with Crippen LogP contribution in [0.3, 0.4) is 0 Å². The molecule has 3 N–H and O–H groups in total. The summed E-state index contributed by atoms with van der Waals surface area (Å²) in [5.74, 6) is 0.0798. The molecule has 0 aliphatic heterocycles. The van der Waals surface area contributed by atoms with E-state index in [0.717, 1.165) is 17.3 Å². The highest BCUT2D eigenvalue weighted by atomic mass is 79.9. The molecule has 1 aromatic heterocycles. The largest absolute Gasteiger partial charge is 0.383 e. The first-order valence-electron chi connectivity index (χ1n) is 8.31. The van der Waals surface area contributed by atoms with E-state index in [1.807, 2.05) is 12.1 Å². The van der Waals surface area contributed by atoms with Crippen LogP contribution in [0.1, 0.15) is 42.4 Å². The standard InChI is InChI=1S/C19H16BrN5OS/c1-10(18(26)24-13-6-4-12(20)5-7-13)27-19-15(9-22)16(11-2-3-11)14(8-21)17(23)25-19/h4-7,10-11H,2-3H2,1H3,(H2,23,25)(H,24,26). The summed E-state index contributed by atoms with van der Waals surface area (Å²) in [6, 6.07) is 11.5. The fraction of sp³-hybridized carbons (Fsp3) is 0.263. The Labute approximate surface area is 169 Å². The van der Waals surface area contributed by atoms with Gasteiger partial charge >= 0.3 is 0 Å². The van der Waals surface area contributed by atoms with Gasteiger partial charge in [0.25, 0.3) is 0 Å². The van der Waals surface area contributed by atoms with E-state index in [-0.39, 0.29) is 23.2 Å². The molecule has 1 fully saturated rings. The van der Waals surface area contributed by atoms with Crippen molar-refractivity contribution >= 4 is 45.1 Å². The molecule has 136 valence electrons. The molecular formula is C19H16BrN5OS. The second-order valence-corrected chi connectivity index (χ2v) is 8.47. The lowest BCUT2D eigenvalue weighted by atomic mass is 10.0. The Balaban J connectivity index is 1.84. The number of amides is 1. The number of benzene rings is 1. The van der Waals surface area contributed by atoms with Crippen LogP contribution in [0.2, 0.25) is 0 Å². The van der Waals surface area contributed by atoms with Crippen LogP contribution in [0.4, 0.5) is 11.5 Å². The van der Waals surface area contributed by atoms with Crippen LogP contribution in [0.25, 0.3) is 0 Å². The first kappa shape index (κ1) is 19.2. The molecule has 1 atom stereocenters. The first-order chi connectivity index (χ1) is 12.9. The number of carbonyl (C=O) groups is 1. The summed E-state index contributed by atoms with van der Waals surface area (Å²) < 4.78 is 0.923. The Kier molecular flexibility index (Phi) is 5.69. The summed E-state index contributed by atoms with van der Waals surface area (Å²) >= 11 is 4.53. The van der Waals surface area contributed by atoms with Gasteiger partial charge in [-0.1, -0.05) is 27.7 Å². The number of hydrogen-bond donors (Lipinski definition) is 2. The molecule has 1 aromatic carbocycles. The normalized spacial score (nSPS) is 14.1. The van der Waals surface area contributed by atoms with Gasteiger partial charge in [-0.25, -0.2) is 4.98 Å². The maximum absolute atomic E-state index is 12.5. The first-order valence-corrected chi connectivity index (χ1v) is 9.98. The molecule has 1 aliphatic carbocycles. The number of nitrogens with two attached hydrogens (primary N) is 1. The van der Waals surface area contributed by atoms with Gasteiger partial charge < -0.3 is 11.1 Å². The molecule has 2 aromatic rings. The third-order valence-electron chi connectivity index (χ3n) is 4.21. The van der Waals surface area contributed by atoms with Gasteiger partial charge in [-0.15, -0.1) is 0 Å². The predicted octanol–water partition coefficient (Wildman–Crippen LogP) is 4.17. The van der Waals surface area contributed by atoms with E-state index in [1.165, 1.54) is 11.8 Å². The summed E-state index contributed by atoms with van der Waals surface area (Å²) in [6.07, 6.45) is 1.85. The van der Waals surface area contributed by atoms with Crippen molar-refractivity contribution in [3.8, 4) is 12.1 Å². The molecule has 1 saturated carbocycles. The van der Waals surface area contributed by atoms with E-state index < -0.39 is 5.25 Å². The summed E-state index contributed by atoms with van der Waals surface area (Å²) in [5, 5.41) is 21.8. The van der Waals surface area contributed by atoms with Crippen LogP contribution in [0.5, 0.6) is 0 Å². The molecule has 0 spiro atoms. The van der Waals surface area contributed by atoms with Gasteiger partial charge in [0.15, 0.2) is 0 Å². The van der Waals surface area contributed by atoms with Crippen LogP contribution < -0.4 is 11.1 Å². The molecular weight excluding hydrogens is 426 g/mol. The van der Waals surface area contributed by atoms with Crippen LogP contribution in [-0.2, 0) is 4.79 Å². The predicted molar refractivity (Wildman–Crippen MR) is 108 cm³/mol. The van der Waals surface area contributed by atoms with Gasteiger partial charge in [-0.2, -0.15) is 10.5 Å². The third-order valence-corrected chi connectivity index (χ3v) is 5.82. The van der Waals surface area contributed by atoms with Crippen molar-refractivity contribution in [2.75, 3.05) is 11.1 Å². The Morgan fingerprint density at radius 1 is 1.30 bits per heavy atom. The zero-order valence-corrected chi connectivity index (χ0v) is 16.9. The number of thioether (sulfide) groups is 1. The van der Waals surface area contributed by atoms with Gasteiger partial charge in [0.05, 0.1) is 16.4 Å². The number of nitriles is 2. The van der Waals surface area contributed by atoms with Crippen molar-refractivity contribution in [1.29, 1.82) is 10.5 Å². The Bertz CT molecular complexity index is 974. The number of carbonyl (C=O) groups excluding carboxylic acids is 1. The lowest BCUT2D eigenvalue weighted by Gasteiger charge is -2.15. The third kappa shape index (κ3) is 4.24. The van der Waals surface area contributed by atoms with Gasteiger partial charge in [0, 0.05) is 10.2 Å². The zero-order chi connectivity index (χ0) is 19.6. The molecule has 1 unspecified atom stereocenters. The SMILES string of the molecule is CC(Sc1nc(N)c(C#N)c(C2CC2)c1C#N)C(=O)Nc1ccc(Br)cc1. The fourth-order valence-corrected chi connectivity index (χ4v) is 3.88. The molecule has 1 amide bonds. The van der Waals surface area contributed by atoms with E-state index in [4.69, 9.17) is 5.73 Å². The second-order valence-electron chi connectivity index (χ2n) is 6.22. The summed E-state index contributed by atoms with van der Waals surface area (Å²) in [5.41, 5.74) is 7.95. The van der Waals surface area contributed by atoms with E-state index in [0.29, 0.717) is 21.8 Å². The fourth-order valence-electron chi connectivity index (χ4n) is 2.69. The van der Waals surface area contributed by atoms with Gasteiger partial charge in [0.2, 0.25) is 5.91 Å². The summed E-state index contributed by atoms with van der Waals surface area (Å²) in [4.78, 5) is 16.7. The minimum atomic E-state index is -0.493. The number of anilines is 2. The number of nitrogen functional groups attached to an aromatic ring is 1. The van der Waals surface area contributed by atoms with Crippen molar-refractivity contribution in [2.24, 2.45) is 0 Å². The summed E-state index contributed by atoms with van der Waals surface area (Å²) in [6.45, 7) is 1.74.